The molecule has 8 heteroatoms. The van der Waals surface area contributed by atoms with E-state index in [1.807, 2.05) is 6.07 Å². The van der Waals surface area contributed by atoms with Crippen LogP contribution in [0.1, 0.15) is 41.1 Å². The number of amides is 1. The minimum Gasteiger partial charge on any atom is -0.493 e. The van der Waals surface area contributed by atoms with Gasteiger partial charge in [-0.25, -0.2) is 4.79 Å². The highest BCUT2D eigenvalue weighted by Gasteiger charge is 2.29. The van der Waals surface area contributed by atoms with E-state index in [-0.39, 0.29) is 18.4 Å². The Kier molecular flexibility index (Phi) is 7.20. The Balaban J connectivity index is 1.72. The molecule has 0 saturated heterocycles. The normalized spacial score (nSPS) is 15.1. The minimum absolute atomic E-state index is 0.0523. The third-order valence-electron chi connectivity index (χ3n) is 5.08. The highest BCUT2D eigenvalue weighted by Crippen LogP contribution is 2.40. The van der Waals surface area contributed by atoms with Gasteiger partial charge in [0.15, 0.2) is 11.5 Å². The van der Waals surface area contributed by atoms with E-state index in [1.54, 1.807) is 33.3 Å². The molecular weight excluding hydrogens is 404 g/mol. The summed E-state index contributed by atoms with van der Waals surface area (Å²) >= 11 is 1.48. The van der Waals surface area contributed by atoms with E-state index in [2.05, 4.69) is 17.6 Å². The van der Waals surface area contributed by atoms with Crippen molar-refractivity contribution in [2.24, 2.45) is 5.92 Å². The van der Waals surface area contributed by atoms with Gasteiger partial charge in [-0.2, -0.15) is 0 Å². The van der Waals surface area contributed by atoms with Gasteiger partial charge in [-0.15, -0.1) is 11.3 Å². The van der Waals surface area contributed by atoms with Crippen LogP contribution in [0.5, 0.6) is 11.5 Å². The lowest BCUT2D eigenvalue weighted by Gasteiger charge is -2.18. The average molecular weight is 433 g/mol. The van der Waals surface area contributed by atoms with Gasteiger partial charge < -0.3 is 24.8 Å². The number of esters is 1. The number of anilines is 2. The molecule has 0 bridgehead atoms. The van der Waals surface area contributed by atoms with E-state index in [0.717, 1.165) is 30.5 Å². The lowest BCUT2D eigenvalue weighted by molar-refractivity contribution is -0.114. The summed E-state index contributed by atoms with van der Waals surface area (Å²) in [6, 6.07) is 5.34. The number of hydrogen-bond acceptors (Lipinski definition) is 7. The number of rotatable bonds is 8. The van der Waals surface area contributed by atoms with Crippen LogP contribution in [0.4, 0.5) is 10.7 Å². The molecule has 1 unspecified atom stereocenters. The molecule has 2 N–H and O–H groups in total. The molecule has 1 aliphatic rings. The highest BCUT2D eigenvalue weighted by molar-refractivity contribution is 7.17. The number of nitrogens with one attached hydrogen (secondary N) is 2. The summed E-state index contributed by atoms with van der Waals surface area (Å²) in [5.41, 5.74) is 2.27. The number of benzene rings is 1. The minimum atomic E-state index is -0.368. The fourth-order valence-corrected chi connectivity index (χ4v) is 4.97. The van der Waals surface area contributed by atoms with Gasteiger partial charge >= 0.3 is 5.97 Å². The second-order valence-corrected chi connectivity index (χ2v) is 8.35. The fourth-order valence-electron chi connectivity index (χ4n) is 3.56. The molecule has 0 saturated carbocycles. The van der Waals surface area contributed by atoms with Crippen molar-refractivity contribution in [1.29, 1.82) is 0 Å². The standard InChI is InChI=1S/C22H28N2O5S/c1-5-29-22(26)20-15-8-6-13(2)10-18(15)30-21(20)24-19(25)12-23-14-7-9-16(27-3)17(11-14)28-4/h7,9,11,13,23H,5-6,8,10,12H2,1-4H3,(H,24,25). The molecule has 1 atom stereocenters. The van der Waals surface area contributed by atoms with Crippen molar-refractivity contribution in [3.63, 3.8) is 0 Å². The first kappa shape index (κ1) is 22.0. The molecule has 1 aromatic carbocycles. The Morgan fingerprint density at radius 3 is 2.67 bits per heavy atom. The predicted molar refractivity (Wildman–Crippen MR) is 118 cm³/mol. The van der Waals surface area contributed by atoms with Crippen LogP contribution in [-0.4, -0.2) is 39.2 Å². The van der Waals surface area contributed by atoms with E-state index in [1.165, 1.54) is 16.2 Å². The van der Waals surface area contributed by atoms with Crippen molar-refractivity contribution in [1.82, 2.24) is 0 Å². The van der Waals surface area contributed by atoms with E-state index in [4.69, 9.17) is 14.2 Å². The average Bonchev–Trinajstić information content (AvgIpc) is 3.08. The number of hydrogen-bond donors (Lipinski definition) is 2. The second-order valence-electron chi connectivity index (χ2n) is 7.25. The van der Waals surface area contributed by atoms with Crippen LogP contribution in [0.15, 0.2) is 18.2 Å². The maximum Gasteiger partial charge on any atom is 0.341 e. The molecule has 2 aromatic rings. The number of carbonyl (C=O) groups is 2. The topological polar surface area (TPSA) is 85.9 Å². The van der Waals surface area contributed by atoms with E-state index in [9.17, 15) is 9.59 Å². The molecule has 1 aliphatic carbocycles. The van der Waals surface area contributed by atoms with Gasteiger partial charge in [0, 0.05) is 16.6 Å². The first-order chi connectivity index (χ1) is 14.5. The van der Waals surface area contributed by atoms with Crippen LogP contribution in [0.25, 0.3) is 0 Å². The zero-order valence-electron chi connectivity index (χ0n) is 17.8. The van der Waals surface area contributed by atoms with Gasteiger partial charge in [-0.1, -0.05) is 6.92 Å². The number of methoxy groups -OCH3 is 2. The Morgan fingerprint density at radius 1 is 1.20 bits per heavy atom. The Hall–Kier alpha value is -2.74. The Labute approximate surface area is 180 Å². The summed E-state index contributed by atoms with van der Waals surface area (Å²) in [4.78, 5) is 26.3. The van der Waals surface area contributed by atoms with Crippen LogP contribution in [0.3, 0.4) is 0 Å². The van der Waals surface area contributed by atoms with Gasteiger partial charge in [-0.3, -0.25) is 4.79 Å². The van der Waals surface area contributed by atoms with E-state index >= 15 is 0 Å². The third kappa shape index (κ3) is 4.87. The van der Waals surface area contributed by atoms with Gasteiger partial charge in [-0.05, 0) is 49.8 Å². The van der Waals surface area contributed by atoms with Crippen LogP contribution >= 0.6 is 11.3 Å². The molecule has 7 nitrogen and oxygen atoms in total. The molecule has 162 valence electrons. The molecule has 0 spiro atoms. The van der Waals surface area contributed by atoms with Crippen molar-refractivity contribution < 1.29 is 23.8 Å². The van der Waals surface area contributed by atoms with Crippen molar-refractivity contribution in [2.45, 2.75) is 33.1 Å². The molecule has 3 rings (SSSR count). The summed E-state index contributed by atoms with van der Waals surface area (Å²) in [6.45, 7) is 4.34. The molecular formula is C22H28N2O5S. The van der Waals surface area contributed by atoms with Crippen LogP contribution in [0.2, 0.25) is 0 Å². The predicted octanol–water partition coefficient (Wildman–Crippen LogP) is 4.12. The largest absolute Gasteiger partial charge is 0.493 e. The smallest absolute Gasteiger partial charge is 0.341 e. The monoisotopic (exact) mass is 432 g/mol. The van der Waals surface area contributed by atoms with Crippen LogP contribution in [-0.2, 0) is 22.4 Å². The molecule has 30 heavy (non-hydrogen) atoms. The first-order valence-corrected chi connectivity index (χ1v) is 10.9. The fraction of sp³-hybridized carbons (Fsp3) is 0.455. The third-order valence-corrected chi connectivity index (χ3v) is 6.25. The first-order valence-electron chi connectivity index (χ1n) is 10.0. The number of thiophene rings is 1. The summed E-state index contributed by atoms with van der Waals surface area (Å²) in [5, 5.41) is 6.55. The molecule has 0 radical (unpaired) electrons. The van der Waals surface area contributed by atoms with Crippen molar-refractivity contribution >= 4 is 33.9 Å². The lowest BCUT2D eigenvalue weighted by atomic mass is 9.88. The summed E-state index contributed by atoms with van der Waals surface area (Å²) in [7, 11) is 3.13. The number of ether oxygens (including phenoxy) is 3. The summed E-state index contributed by atoms with van der Waals surface area (Å²) in [6.07, 6.45) is 2.79. The Bertz CT molecular complexity index is 924. The number of fused-ring (bicyclic) bond motifs is 1. The lowest BCUT2D eigenvalue weighted by Crippen LogP contribution is -2.22. The summed E-state index contributed by atoms with van der Waals surface area (Å²) in [5.74, 6) is 1.16. The van der Waals surface area contributed by atoms with Crippen molar-refractivity contribution in [3.8, 4) is 11.5 Å². The van der Waals surface area contributed by atoms with Crippen LogP contribution < -0.4 is 20.1 Å². The van der Waals surface area contributed by atoms with Crippen molar-refractivity contribution in [3.05, 3.63) is 34.2 Å². The molecule has 1 aromatic heterocycles. The SMILES string of the molecule is CCOC(=O)c1c(NC(=O)CNc2ccc(OC)c(OC)c2)sc2c1CCC(C)C2. The molecule has 1 heterocycles. The van der Waals surface area contributed by atoms with E-state index in [0.29, 0.717) is 34.6 Å². The zero-order chi connectivity index (χ0) is 21.7. The quantitative estimate of drug-likeness (QED) is 0.611. The zero-order valence-corrected chi connectivity index (χ0v) is 18.6. The molecule has 0 fully saturated rings. The van der Waals surface area contributed by atoms with Crippen LogP contribution in [0, 0.1) is 5.92 Å². The maximum absolute atomic E-state index is 12.6. The van der Waals surface area contributed by atoms with E-state index < -0.39 is 0 Å². The van der Waals surface area contributed by atoms with Gasteiger partial charge in [0.25, 0.3) is 0 Å². The van der Waals surface area contributed by atoms with Gasteiger partial charge in [0.05, 0.1) is 32.9 Å². The van der Waals surface area contributed by atoms with Gasteiger partial charge in [0.2, 0.25) is 5.91 Å². The van der Waals surface area contributed by atoms with Gasteiger partial charge in [0.1, 0.15) is 5.00 Å². The highest BCUT2D eigenvalue weighted by atomic mass is 32.1. The number of carbonyl (C=O) groups excluding carboxylic acids is 2. The van der Waals surface area contributed by atoms with Crippen molar-refractivity contribution in [2.75, 3.05) is 38.0 Å². The molecule has 0 aliphatic heterocycles. The molecule has 1 amide bonds. The maximum atomic E-state index is 12.6. The second kappa shape index (κ2) is 9.84. The summed E-state index contributed by atoms with van der Waals surface area (Å²) < 4.78 is 15.8. The Morgan fingerprint density at radius 2 is 1.97 bits per heavy atom.